The van der Waals surface area contributed by atoms with Gasteiger partial charge in [0, 0.05) is 0 Å². The van der Waals surface area contributed by atoms with Crippen molar-refractivity contribution in [1.82, 2.24) is 4.98 Å². The second-order valence-corrected chi connectivity index (χ2v) is 2.84. The maximum Gasteiger partial charge on any atom is 0.373 e. The fraction of sp³-hybridized carbons (Fsp3) is 0.143. The van der Waals surface area contributed by atoms with Gasteiger partial charge in [-0.3, -0.25) is 4.79 Å². The lowest BCUT2D eigenvalue weighted by atomic mass is 10.1. The Kier molecular flexibility index (Phi) is 3.25. The molecule has 8 heteroatoms. The molecular formula is C7H3ClF2N2O3. The van der Waals surface area contributed by atoms with Crippen molar-refractivity contribution in [3.05, 3.63) is 32.5 Å². The fourth-order valence-corrected chi connectivity index (χ4v) is 1.18. The summed E-state index contributed by atoms with van der Waals surface area (Å²) in [5.74, 6) is -1.06. The van der Waals surface area contributed by atoms with Crippen LogP contribution in [0.25, 0.3) is 0 Å². The minimum atomic E-state index is -3.18. The van der Waals surface area contributed by atoms with Crippen LogP contribution < -0.4 is 0 Å². The summed E-state index contributed by atoms with van der Waals surface area (Å²) in [6, 6.07) is 0. The van der Waals surface area contributed by atoms with Crippen molar-refractivity contribution in [3.8, 4) is 0 Å². The van der Waals surface area contributed by atoms with Crippen LogP contribution in [0.4, 0.5) is 14.6 Å². The average molecular weight is 237 g/mol. The second-order valence-electron chi connectivity index (χ2n) is 2.43. The van der Waals surface area contributed by atoms with Gasteiger partial charge in [-0.05, 0) is 9.91 Å². The number of aldehydes is 1. The van der Waals surface area contributed by atoms with Crippen LogP contribution in [-0.4, -0.2) is 16.2 Å². The molecule has 0 amide bonds. The molecule has 0 atom stereocenters. The number of aromatic nitrogens is 1. The minimum absolute atomic E-state index is 0.0402. The van der Waals surface area contributed by atoms with Crippen molar-refractivity contribution >= 4 is 23.7 Å². The number of hydrogen-bond donors (Lipinski definition) is 0. The van der Waals surface area contributed by atoms with Crippen molar-refractivity contribution in [2.45, 2.75) is 6.43 Å². The fourth-order valence-electron chi connectivity index (χ4n) is 0.986. The molecule has 0 fully saturated rings. The first-order valence-corrected chi connectivity index (χ1v) is 3.93. The van der Waals surface area contributed by atoms with Gasteiger partial charge in [-0.1, -0.05) is 11.6 Å². The molecule has 15 heavy (non-hydrogen) atoms. The summed E-state index contributed by atoms with van der Waals surface area (Å²) in [6.45, 7) is 0. The predicted octanol–water partition coefficient (Wildman–Crippen LogP) is 2.39. The summed E-state index contributed by atoms with van der Waals surface area (Å²) in [7, 11) is 0. The zero-order chi connectivity index (χ0) is 11.6. The van der Waals surface area contributed by atoms with Gasteiger partial charge in [0.05, 0.1) is 10.6 Å². The van der Waals surface area contributed by atoms with Crippen LogP contribution in [0.15, 0.2) is 6.20 Å². The molecule has 0 unspecified atom stereocenters. The largest absolute Gasteiger partial charge is 0.373 e. The molecule has 1 aromatic rings. The van der Waals surface area contributed by atoms with Gasteiger partial charge >= 0.3 is 5.82 Å². The van der Waals surface area contributed by atoms with Crippen LogP contribution >= 0.6 is 11.6 Å². The van der Waals surface area contributed by atoms with E-state index >= 15 is 0 Å². The van der Waals surface area contributed by atoms with E-state index in [0.29, 0.717) is 0 Å². The first kappa shape index (κ1) is 11.4. The molecule has 5 nitrogen and oxygen atoms in total. The molecule has 0 N–H and O–H groups in total. The van der Waals surface area contributed by atoms with Gasteiger partial charge in [0.1, 0.15) is 5.56 Å². The van der Waals surface area contributed by atoms with E-state index in [9.17, 15) is 23.7 Å². The van der Waals surface area contributed by atoms with Gasteiger partial charge in [0.2, 0.25) is 0 Å². The van der Waals surface area contributed by atoms with Gasteiger partial charge in [-0.15, -0.1) is 0 Å². The normalized spacial score (nSPS) is 10.4. The van der Waals surface area contributed by atoms with Gasteiger partial charge in [-0.2, -0.15) is 0 Å². The van der Waals surface area contributed by atoms with Crippen LogP contribution in [-0.2, 0) is 0 Å². The number of nitro groups is 1. The van der Waals surface area contributed by atoms with Gasteiger partial charge < -0.3 is 10.1 Å². The van der Waals surface area contributed by atoms with Crippen LogP contribution in [0.2, 0.25) is 5.02 Å². The van der Waals surface area contributed by atoms with E-state index < -0.39 is 28.3 Å². The highest BCUT2D eigenvalue weighted by Crippen LogP contribution is 2.32. The predicted molar refractivity (Wildman–Crippen MR) is 46.2 cm³/mol. The number of pyridine rings is 1. The number of nitrogens with zero attached hydrogens (tertiary/aromatic N) is 2. The highest BCUT2D eigenvalue weighted by molar-refractivity contribution is 6.33. The van der Waals surface area contributed by atoms with Gasteiger partial charge in [-0.25, -0.2) is 8.78 Å². The Morgan fingerprint density at radius 3 is 2.60 bits per heavy atom. The summed E-state index contributed by atoms with van der Waals surface area (Å²) < 4.78 is 24.9. The van der Waals surface area contributed by atoms with Crippen molar-refractivity contribution in [1.29, 1.82) is 0 Å². The quantitative estimate of drug-likeness (QED) is 0.459. The SMILES string of the molecule is O=Cc1c(Cl)cnc([N+](=O)[O-])c1C(F)F. The van der Waals surface area contributed by atoms with Gasteiger partial charge in [0.15, 0.2) is 12.5 Å². The monoisotopic (exact) mass is 236 g/mol. The molecule has 0 aromatic carbocycles. The first-order chi connectivity index (χ1) is 6.99. The van der Waals surface area contributed by atoms with Crippen molar-refractivity contribution in [2.24, 2.45) is 0 Å². The lowest BCUT2D eigenvalue weighted by molar-refractivity contribution is -0.391. The van der Waals surface area contributed by atoms with E-state index in [-0.39, 0.29) is 11.3 Å². The molecule has 0 radical (unpaired) electrons. The number of rotatable bonds is 3. The van der Waals surface area contributed by atoms with Crippen LogP contribution in [0, 0.1) is 10.1 Å². The molecule has 0 aliphatic carbocycles. The Labute approximate surface area is 86.8 Å². The molecule has 0 saturated heterocycles. The highest BCUT2D eigenvalue weighted by Gasteiger charge is 2.28. The standard InChI is InChI=1S/C7H3ClF2N2O3/c8-4-1-11-7(12(14)15)5(6(9)10)3(4)2-13/h1-2,6H. The molecule has 80 valence electrons. The van der Waals surface area contributed by atoms with E-state index in [1.165, 1.54) is 0 Å². The zero-order valence-electron chi connectivity index (χ0n) is 6.99. The number of alkyl halides is 2. The maximum atomic E-state index is 12.5. The van der Waals surface area contributed by atoms with E-state index in [2.05, 4.69) is 4.98 Å². The lowest BCUT2D eigenvalue weighted by Gasteiger charge is -2.04. The first-order valence-electron chi connectivity index (χ1n) is 3.55. The third-order valence-electron chi connectivity index (χ3n) is 1.60. The smallest absolute Gasteiger partial charge is 0.358 e. The highest BCUT2D eigenvalue weighted by atomic mass is 35.5. The Morgan fingerprint density at radius 1 is 1.60 bits per heavy atom. The number of carbonyl (C=O) groups excluding carboxylic acids is 1. The van der Waals surface area contributed by atoms with E-state index in [1.54, 1.807) is 0 Å². The summed E-state index contributed by atoms with van der Waals surface area (Å²) >= 11 is 5.40. The summed E-state index contributed by atoms with van der Waals surface area (Å²) in [4.78, 5) is 22.9. The van der Waals surface area contributed by atoms with E-state index in [4.69, 9.17) is 11.6 Å². The number of hydrogen-bond acceptors (Lipinski definition) is 4. The van der Waals surface area contributed by atoms with Crippen molar-refractivity contribution in [2.75, 3.05) is 0 Å². The second kappa shape index (κ2) is 4.26. The number of carbonyl (C=O) groups is 1. The Balaban J connectivity index is 3.56. The average Bonchev–Trinajstić information content (AvgIpc) is 2.16. The molecule has 0 spiro atoms. The molecule has 0 aliphatic heterocycles. The molecule has 1 heterocycles. The molecule has 1 aromatic heterocycles. The third-order valence-corrected chi connectivity index (χ3v) is 1.90. The molecule has 0 bridgehead atoms. The van der Waals surface area contributed by atoms with Crippen molar-refractivity contribution < 1.29 is 18.5 Å². The van der Waals surface area contributed by atoms with Crippen LogP contribution in [0.5, 0.6) is 0 Å². The summed E-state index contributed by atoms with van der Waals surface area (Å²) in [5, 5.41) is 10.0. The van der Waals surface area contributed by atoms with E-state index in [0.717, 1.165) is 6.20 Å². The Hall–Kier alpha value is -1.63. The Morgan fingerprint density at radius 2 is 2.20 bits per heavy atom. The minimum Gasteiger partial charge on any atom is -0.358 e. The van der Waals surface area contributed by atoms with Crippen LogP contribution in [0.3, 0.4) is 0 Å². The topological polar surface area (TPSA) is 73.1 Å². The van der Waals surface area contributed by atoms with Gasteiger partial charge in [0.25, 0.3) is 6.43 Å². The zero-order valence-corrected chi connectivity index (χ0v) is 7.74. The third kappa shape index (κ3) is 2.07. The molecule has 1 rings (SSSR count). The molecule has 0 aliphatic rings. The summed E-state index contributed by atoms with van der Waals surface area (Å²) in [5.41, 5.74) is -1.66. The molecule has 0 saturated carbocycles. The summed E-state index contributed by atoms with van der Waals surface area (Å²) in [6.07, 6.45) is -2.36. The van der Waals surface area contributed by atoms with Crippen molar-refractivity contribution in [3.63, 3.8) is 0 Å². The maximum absolute atomic E-state index is 12.5. The van der Waals surface area contributed by atoms with Crippen LogP contribution in [0.1, 0.15) is 22.3 Å². The molecular weight excluding hydrogens is 234 g/mol. The van der Waals surface area contributed by atoms with E-state index in [1.807, 2.05) is 0 Å². The Bertz CT molecular complexity index is 425. The number of halogens is 3. The lowest BCUT2D eigenvalue weighted by Crippen LogP contribution is -2.03.